The van der Waals surface area contributed by atoms with Crippen molar-refractivity contribution in [2.24, 2.45) is 0 Å². The summed E-state index contributed by atoms with van der Waals surface area (Å²) in [5.74, 6) is 1.08. The number of nitrogens with one attached hydrogen (secondary N) is 1. The second-order valence-electron chi connectivity index (χ2n) is 7.24. The van der Waals surface area contributed by atoms with Gasteiger partial charge >= 0.3 is 6.09 Å². The van der Waals surface area contributed by atoms with Crippen molar-refractivity contribution in [1.82, 2.24) is 19.7 Å². The standard InChI is InChI=1S/C19H27FN4O3/c1-5-6-7-15-11-24-12-16(10-21-17(24)23-15)26-13-14(8-20)9-22-18(25)27-19(2,3)4/h8,10-12H,5-7,9,13H2,1-4H3,(H,22,25). The monoisotopic (exact) mass is 378 g/mol. The van der Waals surface area contributed by atoms with Gasteiger partial charge in [-0.3, -0.25) is 4.40 Å². The molecular weight excluding hydrogens is 351 g/mol. The first-order valence-electron chi connectivity index (χ1n) is 9.02. The second-order valence-corrected chi connectivity index (χ2v) is 7.24. The van der Waals surface area contributed by atoms with Crippen molar-refractivity contribution in [3.63, 3.8) is 0 Å². The van der Waals surface area contributed by atoms with Crippen LogP contribution in [0.15, 0.2) is 30.5 Å². The van der Waals surface area contributed by atoms with Gasteiger partial charge in [0.2, 0.25) is 5.78 Å². The molecule has 0 aliphatic heterocycles. The fraction of sp³-hybridized carbons (Fsp3) is 0.526. The number of unbranched alkanes of at least 4 members (excludes halogenated alkanes) is 1. The van der Waals surface area contributed by atoms with Crippen molar-refractivity contribution in [3.8, 4) is 5.75 Å². The second kappa shape index (κ2) is 9.34. The summed E-state index contributed by atoms with van der Waals surface area (Å²) in [5.41, 5.74) is 0.643. The number of ether oxygens (including phenoxy) is 2. The molecule has 1 N–H and O–H groups in total. The van der Waals surface area contributed by atoms with E-state index in [1.54, 1.807) is 37.6 Å². The molecule has 7 nitrogen and oxygen atoms in total. The van der Waals surface area contributed by atoms with E-state index in [0.717, 1.165) is 25.0 Å². The van der Waals surface area contributed by atoms with E-state index in [-0.39, 0.29) is 18.7 Å². The average Bonchev–Trinajstić information content (AvgIpc) is 3.00. The molecule has 0 fully saturated rings. The number of fused-ring (bicyclic) bond motifs is 1. The number of nitrogens with zero attached hydrogens (tertiary/aromatic N) is 3. The van der Waals surface area contributed by atoms with Crippen molar-refractivity contribution in [1.29, 1.82) is 0 Å². The molecule has 0 aliphatic carbocycles. The van der Waals surface area contributed by atoms with Gasteiger partial charge in [-0.1, -0.05) is 13.3 Å². The normalized spacial score (nSPS) is 12.3. The van der Waals surface area contributed by atoms with E-state index >= 15 is 0 Å². The Bertz CT molecular complexity index is 796. The number of hydrogen-bond donors (Lipinski definition) is 1. The molecule has 2 heterocycles. The molecule has 1 amide bonds. The zero-order valence-electron chi connectivity index (χ0n) is 16.3. The molecular formula is C19H27FN4O3. The van der Waals surface area contributed by atoms with Crippen LogP contribution in [0, 0.1) is 0 Å². The van der Waals surface area contributed by atoms with Crippen LogP contribution in [0.2, 0.25) is 0 Å². The van der Waals surface area contributed by atoms with Crippen LogP contribution >= 0.6 is 0 Å². The third-order valence-corrected chi connectivity index (χ3v) is 3.56. The summed E-state index contributed by atoms with van der Waals surface area (Å²) in [6.45, 7) is 7.38. The van der Waals surface area contributed by atoms with E-state index in [2.05, 4.69) is 22.2 Å². The number of imidazole rings is 1. The number of aryl methyl sites for hydroxylation is 1. The largest absolute Gasteiger partial charge is 0.486 e. The van der Waals surface area contributed by atoms with E-state index < -0.39 is 11.7 Å². The smallest absolute Gasteiger partial charge is 0.407 e. The van der Waals surface area contributed by atoms with Crippen LogP contribution in [0.5, 0.6) is 5.75 Å². The van der Waals surface area contributed by atoms with Crippen LogP contribution in [-0.4, -0.2) is 39.2 Å². The van der Waals surface area contributed by atoms with E-state index in [4.69, 9.17) is 9.47 Å². The third kappa shape index (κ3) is 6.88. The Labute approximate surface area is 158 Å². The molecule has 8 heteroatoms. The number of halogens is 1. The Kier molecular flexibility index (Phi) is 7.15. The molecule has 0 aliphatic rings. The molecule has 0 radical (unpaired) electrons. The molecule has 0 aromatic carbocycles. The highest BCUT2D eigenvalue weighted by Crippen LogP contribution is 2.13. The van der Waals surface area contributed by atoms with Crippen LogP contribution in [0.3, 0.4) is 0 Å². The molecule has 2 rings (SSSR count). The van der Waals surface area contributed by atoms with Gasteiger partial charge in [0.15, 0.2) is 5.75 Å². The third-order valence-electron chi connectivity index (χ3n) is 3.56. The van der Waals surface area contributed by atoms with Gasteiger partial charge in [-0.15, -0.1) is 0 Å². The predicted octanol–water partition coefficient (Wildman–Crippen LogP) is 3.83. The van der Waals surface area contributed by atoms with Crippen LogP contribution in [-0.2, 0) is 11.2 Å². The Morgan fingerprint density at radius 1 is 1.37 bits per heavy atom. The zero-order chi connectivity index (χ0) is 19.9. The summed E-state index contributed by atoms with van der Waals surface area (Å²) in [5, 5.41) is 2.50. The van der Waals surface area contributed by atoms with Crippen LogP contribution in [0.25, 0.3) is 5.78 Å². The van der Waals surface area contributed by atoms with Crippen LogP contribution in [0.1, 0.15) is 46.2 Å². The minimum atomic E-state index is -0.609. The first kappa shape index (κ1) is 20.7. The number of amides is 1. The first-order valence-corrected chi connectivity index (χ1v) is 9.02. The van der Waals surface area contributed by atoms with Crippen LogP contribution < -0.4 is 10.1 Å². The van der Waals surface area contributed by atoms with E-state index in [1.165, 1.54) is 0 Å². The molecule has 2 aromatic heterocycles. The van der Waals surface area contributed by atoms with Crippen LogP contribution in [0.4, 0.5) is 9.18 Å². The fourth-order valence-electron chi connectivity index (χ4n) is 2.27. The minimum absolute atomic E-state index is 0.00662. The number of hydrogen-bond acceptors (Lipinski definition) is 5. The maximum absolute atomic E-state index is 13.1. The quantitative estimate of drug-likeness (QED) is 0.755. The van der Waals surface area contributed by atoms with Crippen molar-refractivity contribution in [2.75, 3.05) is 13.2 Å². The highest BCUT2D eigenvalue weighted by molar-refractivity contribution is 5.68. The average molecular weight is 378 g/mol. The van der Waals surface area contributed by atoms with E-state index in [9.17, 15) is 9.18 Å². The van der Waals surface area contributed by atoms with Crippen molar-refractivity contribution < 1.29 is 18.7 Å². The number of alkyl carbamates (subject to hydrolysis) is 1. The fourth-order valence-corrected chi connectivity index (χ4v) is 2.27. The van der Waals surface area contributed by atoms with Crippen molar-refractivity contribution in [3.05, 3.63) is 36.2 Å². The summed E-state index contributed by atoms with van der Waals surface area (Å²) < 4.78 is 25.5. The molecule has 0 saturated heterocycles. The molecule has 0 atom stereocenters. The van der Waals surface area contributed by atoms with Crippen molar-refractivity contribution in [2.45, 2.75) is 52.6 Å². The number of rotatable bonds is 8. The summed E-state index contributed by atoms with van der Waals surface area (Å²) >= 11 is 0. The minimum Gasteiger partial charge on any atom is -0.486 e. The van der Waals surface area contributed by atoms with Gasteiger partial charge in [0.05, 0.1) is 24.4 Å². The highest BCUT2D eigenvalue weighted by Gasteiger charge is 2.16. The van der Waals surface area contributed by atoms with Gasteiger partial charge in [-0.05, 0) is 33.6 Å². The lowest BCUT2D eigenvalue weighted by molar-refractivity contribution is 0.0531. The Morgan fingerprint density at radius 2 is 2.15 bits per heavy atom. The van der Waals surface area contributed by atoms with Gasteiger partial charge in [0.25, 0.3) is 0 Å². The van der Waals surface area contributed by atoms with Gasteiger partial charge in [0.1, 0.15) is 12.2 Å². The Balaban J connectivity index is 1.89. The molecule has 0 saturated carbocycles. The Hall–Kier alpha value is -2.64. The zero-order valence-corrected chi connectivity index (χ0v) is 16.3. The van der Waals surface area contributed by atoms with E-state index in [0.29, 0.717) is 17.9 Å². The molecule has 0 unspecified atom stereocenters. The molecule has 0 spiro atoms. The predicted molar refractivity (Wildman–Crippen MR) is 101 cm³/mol. The van der Waals surface area contributed by atoms with Gasteiger partial charge in [-0.2, -0.15) is 0 Å². The maximum Gasteiger partial charge on any atom is 0.407 e. The van der Waals surface area contributed by atoms with E-state index in [1.807, 2.05) is 6.20 Å². The molecule has 27 heavy (non-hydrogen) atoms. The number of aromatic nitrogens is 3. The lowest BCUT2D eigenvalue weighted by Crippen LogP contribution is -2.34. The molecule has 2 aromatic rings. The lowest BCUT2D eigenvalue weighted by Gasteiger charge is -2.20. The lowest BCUT2D eigenvalue weighted by atomic mass is 10.2. The Morgan fingerprint density at radius 3 is 2.81 bits per heavy atom. The summed E-state index contributed by atoms with van der Waals surface area (Å²) in [6, 6.07) is 0. The number of carbonyl (C=O) groups is 1. The van der Waals surface area contributed by atoms with Gasteiger partial charge in [0, 0.05) is 18.3 Å². The SMILES string of the molecule is CCCCc1cn2cc(OCC(=CF)CNC(=O)OC(C)(C)C)cnc2n1. The van der Waals surface area contributed by atoms with Gasteiger partial charge < -0.3 is 14.8 Å². The number of carbonyl (C=O) groups excluding carboxylic acids is 1. The maximum atomic E-state index is 13.1. The topological polar surface area (TPSA) is 77.8 Å². The molecule has 0 bridgehead atoms. The van der Waals surface area contributed by atoms with Gasteiger partial charge in [-0.25, -0.2) is 19.2 Å². The van der Waals surface area contributed by atoms with Crippen molar-refractivity contribution >= 4 is 11.9 Å². The first-order chi connectivity index (χ1) is 12.8. The summed E-state index contributed by atoms with van der Waals surface area (Å²) in [7, 11) is 0. The summed E-state index contributed by atoms with van der Waals surface area (Å²) in [6.07, 6.45) is 8.10. The summed E-state index contributed by atoms with van der Waals surface area (Å²) in [4.78, 5) is 20.3. The highest BCUT2D eigenvalue weighted by atomic mass is 19.1. The molecule has 148 valence electrons.